The molecule has 3 aromatic rings. The highest BCUT2D eigenvalue weighted by Gasteiger charge is 2.66. The van der Waals surface area contributed by atoms with Crippen LogP contribution in [0.3, 0.4) is 0 Å². The van der Waals surface area contributed by atoms with Crippen LogP contribution in [-0.2, 0) is 23.7 Å². The van der Waals surface area contributed by atoms with Gasteiger partial charge in [0.15, 0.2) is 0 Å². The largest absolute Gasteiger partial charge is 0.0654 e. The molecular weight excluding hydrogens is 408 g/mol. The fraction of sp³-hybridized carbons (Fsp3) is 0.471. The van der Waals surface area contributed by atoms with Crippen LogP contribution in [-0.4, -0.2) is 0 Å². The van der Waals surface area contributed by atoms with E-state index in [0.29, 0.717) is 10.8 Å². The first-order valence-electron chi connectivity index (χ1n) is 13.7. The molecule has 0 amide bonds. The molecule has 3 aliphatic rings. The Bertz CT molecular complexity index is 1150. The summed E-state index contributed by atoms with van der Waals surface area (Å²) in [6, 6.07) is 24.3. The summed E-state index contributed by atoms with van der Waals surface area (Å²) in [6.07, 6.45) is 10.4. The number of hydrogen-bond donors (Lipinski definition) is 0. The van der Waals surface area contributed by atoms with Gasteiger partial charge in [-0.15, -0.1) is 0 Å². The molecule has 34 heavy (non-hydrogen) atoms. The molecule has 6 rings (SSSR count). The lowest BCUT2D eigenvalue weighted by Crippen LogP contribution is -2.43. The molecule has 2 unspecified atom stereocenters. The average molecular weight is 449 g/mol. The lowest BCUT2D eigenvalue weighted by molar-refractivity contribution is 0.299. The number of rotatable bonds is 5. The number of fused-ring (bicyclic) bond motifs is 3. The Morgan fingerprint density at radius 3 is 1.76 bits per heavy atom. The van der Waals surface area contributed by atoms with Crippen LogP contribution < -0.4 is 0 Å². The maximum Gasteiger partial charge on any atom is 0.00617 e. The molecule has 0 spiro atoms. The zero-order chi connectivity index (χ0) is 23.5. The van der Waals surface area contributed by atoms with Gasteiger partial charge in [-0.3, -0.25) is 0 Å². The predicted octanol–water partition coefficient (Wildman–Crippen LogP) is 8.88. The average Bonchev–Trinajstić information content (AvgIpc) is 3.28. The topological polar surface area (TPSA) is 0 Å². The zero-order valence-corrected chi connectivity index (χ0v) is 21.6. The summed E-state index contributed by atoms with van der Waals surface area (Å²) >= 11 is 0. The van der Waals surface area contributed by atoms with Gasteiger partial charge in [-0.25, -0.2) is 0 Å². The molecule has 4 atom stereocenters. The van der Waals surface area contributed by atoms with E-state index < -0.39 is 0 Å². The minimum atomic E-state index is 0.306. The Morgan fingerprint density at radius 1 is 0.706 bits per heavy atom. The molecular formula is C34H40. The summed E-state index contributed by atoms with van der Waals surface area (Å²) in [5, 5.41) is 0. The maximum absolute atomic E-state index is 2.57. The van der Waals surface area contributed by atoms with Crippen molar-refractivity contribution in [3.8, 4) is 11.1 Å². The fourth-order valence-corrected chi connectivity index (χ4v) is 8.50. The summed E-state index contributed by atoms with van der Waals surface area (Å²) < 4.78 is 0. The van der Waals surface area contributed by atoms with E-state index in [1.54, 1.807) is 11.1 Å². The highest BCUT2D eigenvalue weighted by molar-refractivity contribution is 5.79. The third kappa shape index (κ3) is 3.24. The van der Waals surface area contributed by atoms with Gasteiger partial charge in [-0.2, -0.15) is 0 Å². The number of benzene rings is 3. The summed E-state index contributed by atoms with van der Waals surface area (Å²) in [7, 11) is 0. The van der Waals surface area contributed by atoms with Crippen LogP contribution in [0.15, 0.2) is 60.7 Å². The van der Waals surface area contributed by atoms with Crippen molar-refractivity contribution in [3.05, 3.63) is 94.0 Å². The Hall–Kier alpha value is -2.34. The molecule has 3 aliphatic carbocycles. The first-order chi connectivity index (χ1) is 16.4. The van der Waals surface area contributed by atoms with Crippen molar-refractivity contribution < 1.29 is 0 Å². The predicted molar refractivity (Wildman–Crippen MR) is 145 cm³/mol. The molecule has 176 valence electrons. The van der Waals surface area contributed by atoms with Crippen molar-refractivity contribution in [2.24, 2.45) is 11.8 Å². The van der Waals surface area contributed by atoms with Crippen LogP contribution >= 0.6 is 0 Å². The zero-order valence-electron chi connectivity index (χ0n) is 21.6. The van der Waals surface area contributed by atoms with E-state index in [9.17, 15) is 0 Å². The number of hydrogen-bond acceptors (Lipinski definition) is 0. The molecule has 0 saturated heterocycles. The van der Waals surface area contributed by atoms with Gasteiger partial charge in [0.05, 0.1) is 0 Å². The summed E-state index contributed by atoms with van der Waals surface area (Å²) in [5.41, 5.74) is 12.9. The highest BCUT2D eigenvalue weighted by atomic mass is 14.7. The second kappa shape index (κ2) is 8.11. The van der Waals surface area contributed by atoms with Crippen molar-refractivity contribution in [2.45, 2.75) is 89.9 Å². The molecule has 2 fully saturated rings. The Kier molecular flexibility index (Phi) is 5.28. The lowest BCUT2D eigenvalue weighted by Gasteiger charge is -2.48. The van der Waals surface area contributed by atoms with E-state index in [1.807, 2.05) is 0 Å². The first kappa shape index (κ1) is 22.1. The molecule has 0 bridgehead atoms. The van der Waals surface area contributed by atoms with Crippen LogP contribution in [0, 0.1) is 25.7 Å². The third-order valence-electron chi connectivity index (χ3n) is 9.62. The van der Waals surface area contributed by atoms with Gasteiger partial charge in [0, 0.05) is 10.8 Å². The van der Waals surface area contributed by atoms with E-state index in [2.05, 4.69) is 88.4 Å². The van der Waals surface area contributed by atoms with E-state index in [-0.39, 0.29) is 0 Å². The van der Waals surface area contributed by atoms with Gasteiger partial charge in [-0.05, 0) is 104 Å². The Morgan fingerprint density at radius 2 is 1.24 bits per heavy atom. The normalized spacial score (nSPS) is 28.8. The second-order valence-corrected chi connectivity index (χ2v) is 12.2. The maximum atomic E-state index is 2.57. The van der Waals surface area contributed by atoms with Crippen LogP contribution in [0.1, 0.15) is 85.8 Å². The molecule has 0 aromatic heterocycles. The van der Waals surface area contributed by atoms with Crippen LogP contribution in [0.5, 0.6) is 0 Å². The molecule has 0 aliphatic heterocycles. The number of aryl methyl sites for hydroxylation is 3. The first-order valence-corrected chi connectivity index (χ1v) is 13.7. The molecule has 3 aromatic carbocycles. The molecule has 0 heterocycles. The van der Waals surface area contributed by atoms with Gasteiger partial charge in [-0.1, -0.05) is 92.1 Å². The summed E-state index contributed by atoms with van der Waals surface area (Å²) in [6.45, 7) is 9.37. The van der Waals surface area contributed by atoms with Crippen molar-refractivity contribution in [2.75, 3.05) is 0 Å². The third-order valence-corrected chi connectivity index (χ3v) is 9.62. The molecule has 0 nitrogen and oxygen atoms in total. The standard InChI is InChI=1S/C34H40/c1-5-6-7-26-10-12-27(13-11-26)18-28-21-33-19-25(4)20-34(33,22-28)32-17-24(3)9-15-30(32)29-14-8-23(2)16-31(29)33/h8-17,25,28H,5-7,18-22H2,1-4H3/t25?,28?,33-,34+. The van der Waals surface area contributed by atoms with Gasteiger partial charge < -0.3 is 0 Å². The fourth-order valence-electron chi connectivity index (χ4n) is 8.50. The van der Waals surface area contributed by atoms with Crippen LogP contribution in [0.25, 0.3) is 11.1 Å². The van der Waals surface area contributed by atoms with Gasteiger partial charge in [0.25, 0.3) is 0 Å². The molecule has 2 saturated carbocycles. The van der Waals surface area contributed by atoms with E-state index in [1.165, 1.54) is 84.7 Å². The van der Waals surface area contributed by atoms with Crippen LogP contribution in [0.2, 0.25) is 0 Å². The van der Waals surface area contributed by atoms with E-state index in [0.717, 1.165) is 11.8 Å². The molecule has 0 heteroatoms. The number of unbranched alkanes of at least 4 members (excludes halogenated alkanes) is 1. The van der Waals surface area contributed by atoms with E-state index >= 15 is 0 Å². The minimum Gasteiger partial charge on any atom is -0.0654 e. The van der Waals surface area contributed by atoms with E-state index in [4.69, 9.17) is 0 Å². The Balaban J connectivity index is 1.42. The van der Waals surface area contributed by atoms with Gasteiger partial charge in [0.2, 0.25) is 0 Å². The smallest absolute Gasteiger partial charge is 0.00617 e. The van der Waals surface area contributed by atoms with Crippen molar-refractivity contribution in [3.63, 3.8) is 0 Å². The molecule has 0 radical (unpaired) electrons. The summed E-state index contributed by atoms with van der Waals surface area (Å²) in [5.74, 6) is 1.55. The van der Waals surface area contributed by atoms with Crippen molar-refractivity contribution in [1.82, 2.24) is 0 Å². The highest BCUT2D eigenvalue weighted by Crippen LogP contribution is 2.71. The van der Waals surface area contributed by atoms with Gasteiger partial charge >= 0.3 is 0 Å². The monoisotopic (exact) mass is 448 g/mol. The lowest BCUT2D eigenvalue weighted by atomic mass is 9.55. The van der Waals surface area contributed by atoms with Gasteiger partial charge in [0.1, 0.15) is 0 Å². The Labute approximate surface area is 206 Å². The summed E-state index contributed by atoms with van der Waals surface area (Å²) in [4.78, 5) is 0. The second-order valence-electron chi connectivity index (χ2n) is 12.2. The van der Waals surface area contributed by atoms with Crippen molar-refractivity contribution >= 4 is 0 Å². The quantitative estimate of drug-likeness (QED) is 0.365. The molecule has 0 N–H and O–H groups in total. The van der Waals surface area contributed by atoms with Crippen molar-refractivity contribution in [1.29, 1.82) is 0 Å². The SMILES string of the molecule is CCCCc1ccc(CC2C[C@]34CC(C)C[C@@]3(C2)c2cc(C)ccc2-c2ccc(C)cc24)cc1. The van der Waals surface area contributed by atoms with Crippen LogP contribution in [0.4, 0.5) is 0 Å². The minimum absolute atomic E-state index is 0.306.